The molecule has 1 amide bonds. The van der Waals surface area contributed by atoms with Gasteiger partial charge in [0.25, 0.3) is 0 Å². The molecule has 2 aromatic carbocycles. The van der Waals surface area contributed by atoms with E-state index in [-0.39, 0.29) is 24.3 Å². The summed E-state index contributed by atoms with van der Waals surface area (Å²) in [4.78, 5) is 23.2. The van der Waals surface area contributed by atoms with Gasteiger partial charge in [-0.3, -0.25) is 9.69 Å². The van der Waals surface area contributed by atoms with Crippen LogP contribution in [-0.4, -0.2) is 46.5 Å². The topological polar surface area (TPSA) is 103 Å². The van der Waals surface area contributed by atoms with E-state index in [0.29, 0.717) is 28.8 Å². The van der Waals surface area contributed by atoms with Crippen molar-refractivity contribution in [2.75, 3.05) is 30.3 Å². The van der Waals surface area contributed by atoms with Crippen molar-refractivity contribution in [1.82, 2.24) is 14.9 Å². The second-order valence-corrected chi connectivity index (χ2v) is 8.62. The number of nitrogens with zero attached hydrogens (tertiary/aromatic N) is 4. The van der Waals surface area contributed by atoms with E-state index in [1.165, 1.54) is 12.1 Å². The predicted molar refractivity (Wildman–Crippen MR) is 131 cm³/mol. The zero-order valence-electron chi connectivity index (χ0n) is 19.7. The fourth-order valence-electron chi connectivity index (χ4n) is 4.14. The highest BCUT2D eigenvalue weighted by atomic mass is 19.1. The number of aryl methyl sites for hydroxylation is 2. The number of hydrogen-bond acceptors (Lipinski definition) is 7. The van der Waals surface area contributed by atoms with Crippen LogP contribution >= 0.6 is 0 Å². The lowest BCUT2D eigenvalue weighted by Crippen LogP contribution is -2.42. The predicted octanol–water partition coefficient (Wildman–Crippen LogP) is 4.41. The summed E-state index contributed by atoms with van der Waals surface area (Å²) in [5.41, 5.74) is 2.78. The highest BCUT2D eigenvalue weighted by Crippen LogP contribution is 2.29. The van der Waals surface area contributed by atoms with E-state index in [1.54, 1.807) is 36.5 Å². The molecule has 1 aliphatic heterocycles. The Bertz CT molecular complexity index is 1230. The molecule has 3 aromatic rings. The Kier molecular flexibility index (Phi) is 7.53. The largest absolute Gasteiger partial charge is 0.438 e. The van der Waals surface area contributed by atoms with Gasteiger partial charge in [-0.15, -0.1) is 0 Å². The zero-order valence-corrected chi connectivity index (χ0v) is 19.7. The van der Waals surface area contributed by atoms with E-state index in [2.05, 4.69) is 31.6 Å². The zero-order chi connectivity index (χ0) is 24.8. The number of nitrogens with one attached hydrogen (secondary N) is 2. The van der Waals surface area contributed by atoms with Gasteiger partial charge in [0.15, 0.2) is 0 Å². The number of hydrogen-bond donors (Lipinski definition) is 2. The molecule has 0 unspecified atom stereocenters. The Morgan fingerprint density at radius 3 is 2.63 bits per heavy atom. The first-order valence-corrected chi connectivity index (χ1v) is 11.5. The van der Waals surface area contributed by atoms with Gasteiger partial charge in [-0.1, -0.05) is 6.07 Å². The Morgan fingerprint density at radius 2 is 1.94 bits per heavy atom. The van der Waals surface area contributed by atoms with Gasteiger partial charge in [-0.05, 0) is 68.1 Å². The number of piperidine rings is 1. The summed E-state index contributed by atoms with van der Waals surface area (Å²) >= 11 is 0. The maximum absolute atomic E-state index is 13.3. The number of likely N-dealkylation sites (tertiary alicyclic amines) is 1. The summed E-state index contributed by atoms with van der Waals surface area (Å²) in [6.07, 6.45) is 3.30. The number of halogens is 1. The molecule has 9 heteroatoms. The third-order valence-corrected chi connectivity index (χ3v) is 5.82. The molecule has 1 aromatic heterocycles. The van der Waals surface area contributed by atoms with Crippen LogP contribution in [0, 0.1) is 31.0 Å². The number of ether oxygens (including phenoxy) is 1. The van der Waals surface area contributed by atoms with Gasteiger partial charge >= 0.3 is 0 Å². The van der Waals surface area contributed by atoms with Crippen LogP contribution in [-0.2, 0) is 4.79 Å². The Morgan fingerprint density at radius 1 is 1.20 bits per heavy atom. The fourth-order valence-corrected chi connectivity index (χ4v) is 4.14. The Hall–Kier alpha value is -4.03. The summed E-state index contributed by atoms with van der Waals surface area (Å²) in [6, 6.07) is 13.5. The van der Waals surface area contributed by atoms with E-state index >= 15 is 0 Å². The number of carbonyl (C=O) groups is 1. The molecule has 0 radical (unpaired) electrons. The molecular formula is C26H27FN6O2. The second kappa shape index (κ2) is 10.9. The first-order valence-electron chi connectivity index (χ1n) is 11.5. The van der Waals surface area contributed by atoms with Gasteiger partial charge in [0.2, 0.25) is 17.7 Å². The Labute approximate surface area is 203 Å². The highest BCUT2D eigenvalue weighted by molar-refractivity contribution is 5.92. The molecule has 1 fully saturated rings. The summed E-state index contributed by atoms with van der Waals surface area (Å²) in [5, 5.41) is 15.2. The first kappa shape index (κ1) is 24.1. The van der Waals surface area contributed by atoms with Crippen LogP contribution in [0.2, 0.25) is 0 Å². The minimum Gasteiger partial charge on any atom is -0.438 e. The van der Waals surface area contributed by atoms with Crippen LogP contribution in [0.25, 0.3) is 0 Å². The van der Waals surface area contributed by atoms with Gasteiger partial charge in [-0.25, -0.2) is 9.37 Å². The normalized spacial score (nSPS) is 14.2. The quantitative estimate of drug-likeness (QED) is 0.523. The summed E-state index contributed by atoms with van der Waals surface area (Å²) in [6.45, 7) is 5.54. The van der Waals surface area contributed by atoms with E-state index in [0.717, 1.165) is 37.1 Å². The van der Waals surface area contributed by atoms with E-state index in [9.17, 15) is 9.18 Å². The van der Waals surface area contributed by atoms with Crippen molar-refractivity contribution in [1.29, 1.82) is 5.26 Å². The lowest BCUT2D eigenvalue weighted by atomic mass is 10.1. The number of nitriles is 1. The number of amides is 1. The standard InChI is InChI=1S/C26H27FN6O2/c1-17-12-19(15-28)13-18(2)25(17)35-24-6-9-29-26(32-24)31-21-7-10-33(11-8-21)16-23(34)30-22-5-3-4-20(27)14-22/h3-6,9,12-14,21H,7-8,10-11,16H2,1-2H3,(H,30,34)(H,29,31,32). The molecule has 1 aliphatic rings. The third kappa shape index (κ3) is 6.52. The van der Waals surface area contributed by atoms with Gasteiger partial charge in [0.1, 0.15) is 11.6 Å². The van der Waals surface area contributed by atoms with Crippen LogP contribution in [0.15, 0.2) is 48.7 Å². The van der Waals surface area contributed by atoms with Crippen LogP contribution in [0.3, 0.4) is 0 Å². The van der Waals surface area contributed by atoms with E-state index in [1.807, 2.05) is 13.8 Å². The molecule has 2 heterocycles. The maximum Gasteiger partial charge on any atom is 0.238 e. The molecule has 8 nitrogen and oxygen atoms in total. The minimum absolute atomic E-state index is 0.163. The SMILES string of the molecule is Cc1cc(C#N)cc(C)c1Oc1ccnc(NC2CCN(CC(=O)Nc3cccc(F)c3)CC2)n1. The van der Waals surface area contributed by atoms with Crippen LogP contribution < -0.4 is 15.4 Å². The molecule has 2 N–H and O–H groups in total. The molecule has 0 saturated carbocycles. The van der Waals surface area contributed by atoms with E-state index < -0.39 is 0 Å². The summed E-state index contributed by atoms with van der Waals surface area (Å²) in [7, 11) is 0. The summed E-state index contributed by atoms with van der Waals surface area (Å²) in [5.74, 6) is 1.04. The van der Waals surface area contributed by atoms with Crippen LogP contribution in [0.4, 0.5) is 16.0 Å². The molecule has 1 saturated heterocycles. The van der Waals surface area contributed by atoms with E-state index in [4.69, 9.17) is 10.00 Å². The number of rotatable bonds is 7. The monoisotopic (exact) mass is 474 g/mol. The molecular weight excluding hydrogens is 447 g/mol. The molecule has 0 atom stereocenters. The molecule has 0 aliphatic carbocycles. The van der Waals surface area contributed by atoms with Crippen molar-refractivity contribution in [2.45, 2.75) is 32.7 Å². The smallest absolute Gasteiger partial charge is 0.238 e. The second-order valence-electron chi connectivity index (χ2n) is 8.62. The van der Waals surface area contributed by atoms with Crippen LogP contribution in [0.1, 0.15) is 29.5 Å². The first-order chi connectivity index (χ1) is 16.9. The van der Waals surface area contributed by atoms with Gasteiger partial charge in [0.05, 0.1) is 18.2 Å². The number of benzene rings is 2. The minimum atomic E-state index is -0.381. The van der Waals surface area contributed by atoms with Crippen molar-refractivity contribution in [3.63, 3.8) is 0 Å². The number of aromatic nitrogens is 2. The number of carbonyl (C=O) groups excluding carboxylic acids is 1. The van der Waals surface area contributed by atoms with Gasteiger partial charge in [0, 0.05) is 37.1 Å². The average molecular weight is 475 g/mol. The average Bonchev–Trinajstić information content (AvgIpc) is 2.83. The van der Waals surface area contributed by atoms with Crippen molar-refractivity contribution in [3.8, 4) is 17.7 Å². The molecule has 180 valence electrons. The van der Waals surface area contributed by atoms with Crippen molar-refractivity contribution in [3.05, 3.63) is 71.2 Å². The number of anilines is 2. The van der Waals surface area contributed by atoms with Gasteiger partial charge in [-0.2, -0.15) is 10.2 Å². The Balaban J connectivity index is 1.29. The summed E-state index contributed by atoms with van der Waals surface area (Å²) < 4.78 is 19.3. The molecule has 0 bridgehead atoms. The van der Waals surface area contributed by atoms with Crippen molar-refractivity contribution < 1.29 is 13.9 Å². The highest BCUT2D eigenvalue weighted by Gasteiger charge is 2.22. The molecule has 4 rings (SSSR count). The van der Waals surface area contributed by atoms with Crippen molar-refractivity contribution in [2.24, 2.45) is 0 Å². The molecule has 35 heavy (non-hydrogen) atoms. The lowest BCUT2D eigenvalue weighted by Gasteiger charge is -2.31. The fraction of sp³-hybridized carbons (Fsp3) is 0.308. The van der Waals surface area contributed by atoms with Crippen molar-refractivity contribution >= 4 is 17.5 Å². The van der Waals surface area contributed by atoms with Gasteiger partial charge < -0.3 is 15.4 Å². The maximum atomic E-state index is 13.3. The lowest BCUT2D eigenvalue weighted by molar-refractivity contribution is -0.117. The molecule has 0 spiro atoms. The van der Waals surface area contributed by atoms with Crippen LogP contribution in [0.5, 0.6) is 11.6 Å². The third-order valence-electron chi connectivity index (χ3n) is 5.82.